The number of hydrogen-bond donors (Lipinski definition) is 2. The Morgan fingerprint density at radius 1 is 1.33 bits per heavy atom. The molecule has 1 saturated carbocycles. The van der Waals surface area contributed by atoms with Gasteiger partial charge in [-0.05, 0) is 43.4 Å². The number of nitrogens with one attached hydrogen (secondary N) is 1. The first-order valence-electron chi connectivity index (χ1n) is 7.69. The Bertz CT molecular complexity index is 446. The highest BCUT2D eigenvalue weighted by Crippen LogP contribution is 2.29. The van der Waals surface area contributed by atoms with Crippen molar-refractivity contribution < 1.29 is 14.6 Å². The normalized spacial score (nSPS) is 22.2. The van der Waals surface area contributed by atoms with Gasteiger partial charge in [0.05, 0.1) is 13.5 Å². The van der Waals surface area contributed by atoms with E-state index in [1.165, 1.54) is 31.2 Å². The van der Waals surface area contributed by atoms with Gasteiger partial charge in [0.25, 0.3) is 0 Å². The summed E-state index contributed by atoms with van der Waals surface area (Å²) in [5.74, 6) is 0.868. The number of methoxy groups -OCH3 is 1. The molecule has 0 aliphatic heterocycles. The van der Waals surface area contributed by atoms with E-state index < -0.39 is 0 Å². The maximum Gasteiger partial charge on any atom is 0.310 e. The maximum atomic E-state index is 11.2. The monoisotopic (exact) mass is 311 g/mol. The lowest BCUT2D eigenvalue weighted by molar-refractivity contribution is -0.139. The zero-order valence-corrected chi connectivity index (χ0v) is 13.5. The molecule has 0 radical (unpaired) electrons. The maximum absolute atomic E-state index is 11.2. The third-order valence-corrected chi connectivity index (χ3v) is 5.36. The van der Waals surface area contributed by atoms with Gasteiger partial charge in [-0.15, -0.1) is 11.3 Å². The lowest BCUT2D eigenvalue weighted by atomic mass is 9.79. The number of esters is 1. The number of thiophene rings is 1. The van der Waals surface area contributed by atoms with Crippen molar-refractivity contribution in [3.05, 3.63) is 21.9 Å². The van der Waals surface area contributed by atoms with E-state index in [2.05, 4.69) is 16.1 Å². The summed E-state index contributed by atoms with van der Waals surface area (Å²) in [6.07, 6.45) is 5.27. The molecule has 1 aromatic rings. The average molecular weight is 311 g/mol. The Kier molecular flexibility index (Phi) is 6.67. The van der Waals surface area contributed by atoms with Crippen molar-refractivity contribution >= 4 is 17.3 Å². The zero-order chi connectivity index (χ0) is 15.1. The van der Waals surface area contributed by atoms with Crippen LogP contribution in [-0.4, -0.2) is 31.3 Å². The van der Waals surface area contributed by atoms with Gasteiger partial charge in [0.2, 0.25) is 0 Å². The molecule has 5 heteroatoms. The first kappa shape index (κ1) is 16.5. The molecule has 0 aromatic carbocycles. The molecule has 1 aliphatic rings. The number of carbonyl (C=O) groups is 1. The topological polar surface area (TPSA) is 58.6 Å². The largest absolute Gasteiger partial charge is 0.469 e. The summed E-state index contributed by atoms with van der Waals surface area (Å²) in [6.45, 7) is 2.12. The van der Waals surface area contributed by atoms with Crippen LogP contribution in [0.1, 0.15) is 35.4 Å². The van der Waals surface area contributed by atoms with Crippen LogP contribution >= 0.6 is 11.3 Å². The van der Waals surface area contributed by atoms with Gasteiger partial charge in [-0.1, -0.05) is 12.8 Å². The molecule has 1 aromatic heterocycles. The molecule has 1 fully saturated rings. The standard InChI is InChI=1S/C16H25NO3S/c1-20-16(19)8-14-6-7-15(21-14)10-17-9-12-4-2-3-5-13(12)11-18/h6-7,12-13,17-18H,2-5,8-11H2,1H3. The highest BCUT2D eigenvalue weighted by atomic mass is 32.1. The number of aliphatic hydroxyl groups is 1. The Hall–Kier alpha value is -0.910. The lowest BCUT2D eigenvalue weighted by Gasteiger charge is -2.30. The Labute approximate surface area is 130 Å². The summed E-state index contributed by atoms with van der Waals surface area (Å²) in [5, 5.41) is 12.9. The predicted octanol–water partition coefficient (Wildman–Crippen LogP) is 2.35. The number of aliphatic hydroxyl groups excluding tert-OH is 1. The quantitative estimate of drug-likeness (QED) is 0.759. The fourth-order valence-electron chi connectivity index (χ4n) is 3.00. The van der Waals surface area contributed by atoms with Crippen LogP contribution in [0.25, 0.3) is 0 Å². The van der Waals surface area contributed by atoms with E-state index in [1.54, 1.807) is 11.3 Å². The molecule has 2 atom stereocenters. The van der Waals surface area contributed by atoms with Gasteiger partial charge in [0, 0.05) is 22.9 Å². The van der Waals surface area contributed by atoms with Crippen LogP contribution in [-0.2, 0) is 22.5 Å². The van der Waals surface area contributed by atoms with E-state index in [-0.39, 0.29) is 5.97 Å². The van der Waals surface area contributed by atoms with Crippen LogP contribution in [0.5, 0.6) is 0 Å². The smallest absolute Gasteiger partial charge is 0.310 e. The summed E-state index contributed by atoms with van der Waals surface area (Å²) in [5.41, 5.74) is 0. The third kappa shape index (κ3) is 5.09. The number of ether oxygens (including phenoxy) is 1. The van der Waals surface area contributed by atoms with Crippen molar-refractivity contribution in [1.82, 2.24) is 5.32 Å². The Morgan fingerprint density at radius 2 is 2.05 bits per heavy atom. The molecule has 4 nitrogen and oxygen atoms in total. The van der Waals surface area contributed by atoms with Crippen LogP contribution in [0.4, 0.5) is 0 Å². The molecule has 21 heavy (non-hydrogen) atoms. The fourth-order valence-corrected chi connectivity index (χ4v) is 3.97. The average Bonchev–Trinajstić information content (AvgIpc) is 2.95. The molecule has 2 N–H and O–H groups in total. The van der Waals surface area contributed by atoms with Gasteiger partial charge in [0.1, 0.15) is 0 Å². The van der Waals surface area contributed by atoms with Gasteiger partial charge in [-0.3, -0.25) is 4.79 Å². The van der Waals surface area contributed by atoms with Crippen molar-refractivity contribution in [3.63, 3.8) is 0 Å². The molecule has 1 aliphatic carbocycles. The molecular weight excluding hydrogens is 286 g/mol. The van der Waals surface area contributed by atoms with E-state index in [1.807, 2.05) is 6.07 Å². The minimum Gasteiger partial charge on any atom is -0.469 e. The second-order valence-corrected chi connectivity index (χ2v) is 6.99. The van der Waals surface area contributed by atoms with Gasteiger partial charge in [-0.25, -0.2) is 0 Å². The van der Waals surface area contributed by atoms with Crippen LogP contribution in [0.2, 0.25) is 0 Å². The van der Waals surface area contributed by atoms with Gasteiger partial charge < -0.3 is 15.2 Å². The van der Waals surface area contributed by atoms with Crippen molar-refractivity contribution in [3.8, 4) is 0 Å². The summed E-state index contributed by atoms with van der Waals surface area (Å²) in [7, 11) is 1.42. The van der Waals surface area contributed by atoms with Gasteiger partial charge in [-0.2, -0.15) is 0 Å². The summed E-state index contributed by atoms with van der Waals surface area (Å²) in [6, 6.07) is 4.07. The first-order chi connectivity index (χ1) is 10.2. The van der Waals surface area contributed by atoms with Crippen molar-refractivity contribution in [2.45, 2.75) is 38.6 Å². The molecule has 1 heterocycles. The number of rotatable bonds is 7. The molecule has 0 saturated heterocycles. The van der Waals surface area contributed by atoms with E-state index in [4.69, 9.17) is 0 Å². The second kappa shape index (κ2) is 8.51. The molecule has 118 valence electrons. The first-order valence-corrected chi connectivity index (χ1v) is 8.50. The van der Waals surface area contributed by atoms with E-state index in [9.17, 15) is 9.90 Å². The molecule has 2 unspecified atom stereocenters. The van der Waals surface area contributed by atoms with E-state index in [0.29, 0.717) is 24.9 Å². The minimum absolute atomic E-state index is 0.190. The molecular formula is C16H25NO3S. The third-order valence-electron chi connectivity index (χ3n) is 4.27. The highest BCUT2D eigenvalue weighted by molar-refractivity contribution is 7.12. The van der Waals surface area contributed by atoms with Crippen LogP contribution in [0.15, 0.2) is 12.1 Å². The van der Waals surface area contributed by atoms with Gasteiger partial charge in [0.15, 0.2) is 0 Å². The van der Waals surface area contributed by atoms with E-state index in [0.717, 1.165) is 24.4 Å². The Balaban J connectivity index is 1.74. The molecule has 0 amide bonds. The summed E-state index contributed by atoms with van der Waals surface area (Å²) in [4.78, 5) is 13.5. The van der Waals surface area contributed by atoms with Crippen LogP contribution in [0, 0.1) is 11.8 Å². The number of hydrogen-bond acceptors (Lipinski definition) is 5. The van der Waals surface area contributed by atoms with Gasteiger partial charge >= 0.3 is 5.97 Å². The van der Waals surface area contributed by atoms with Crippen molar-refractivity contribution in [1.29, 1.82) is 0 Å². The second-order valence-electron chi connectivity index (χ2n) is 5.74. The predicted molar refractivity (Wildman–Crippen MR) is 84.3 cm³/mol. The highest BCUT2D eigenvalue weighted by Gasteiger charge is 2.23. The number of carbonyl (C=O) groups excluding carboxylic acids is 1. The minimum atomic E-state index is -0.190. The summed E-state index contributed by atoms with van der Waals surface area (Å²) >= 11 is 1.66. The Morgan fingerprint density at radius 3 is 2.76 bits per heavy atom. The van der Waals surface area contributed by atoms with Crippen molar-refractivity contribution in [2.24, 2.45) is 11.8 Å². The lowest BCUT2D eigenvalue weighted by Crippen LogP contribution is -2.32. The molecule has 2 rings (SSSR count). The van der Waals surface area contributed by atoms with Crippen LogP contribution in [0.3, 0.4) is 0 Å². The fraction of sp³-hybridized carbons (Fsp3) is 0.688. The zero-order valence-electron chi connectivity index (χ0n) is 12.6. The SMILES string of the molecule is COC(=O)Cc1ccc(CNCC2CCCCC2CO)s1. The van der Waals surface area contributed by atoms with Crippen molar-refractivity contribution in [2.75, 3.05) is 20.3 Å². The molecule has 0 bridgehead atoms. The molecule has 0 spiro atoms. The summed E-state index contributed by atoms with van der Waals surface area (Å²) < 4.78 is 4.68. The van der Waals surface area contributed by atoms with Crippen LogP contribution < -0.4 is 5.32 Å². The van der Waals surface area contributed by atoms with E-state index >= 15 is 0 Å².